The second-order valence-corrected chi connectivity index (χ2v) is 5.27. The molecule has 22 heavy (non-hydrogen) atoms. The molecule has 1 N–H and O–H groups in total. The Hall–Kier alpha value is -2.62. The summed E-state index contributed by atoms with van der Waals surface area (Å²) in [5.74, 6) is -0.563. The second kappa shape index (κ2) is 6.43. The first-order valence-corrected chi connectivity index (χ1v) is 7.00. The summed E-state index contributed by atoms with van der Waals surface area (Å²) in [4.78, 5) is 23.8. The number of methoxy groups -OCH3 is 1. The van der Waals surface area contributed by atoms with E-state index in [4.69, 9.17) is 0 Å². The lowest BCUT2D eigenvalue weighted by atomic mass is 10.1. The molecule has 0 heterocycles. The van der Waals surface area contributed by atoms with Crippen molar-refractivity contribution in [3.63, 3.8) is 0 Å². The van der Waals surface area contributed by atoms with Crippen molar-refractivity contribution in [3.8, 4) is 0 Å². The van der Waals surface area contributed by atoms with Crippen molar-refractivity contribution in [1.29, 1.82) is 0 Å². The lowest BCUT2D eigenvalue weighted by molar-refractivity contribution is 0.0600. The Bertz CT molecular complexity index is 735. The average Bonchev–Trinajstić information content (AvgIpc) is 2.51. The van der Waals surface area contributed by atoms with E-state index in [0.717, 1.165) is 16.7 Å². The van der Waals surface area contributed by atoms with Crippen molar-refractivity contribution in [3.05, 3.63) is 64.2 Å². The molecule has 0 aliphatic heterocycles. The van der Waals surface area contributed by atoms with Crippen LogP contribution in [0.4, 0.5) is 5.69 Å². The molecule has 4 heteroatoms. The highest BCUT2D eigenvalue weighted by Crippen LogP contribution is 2.19. The SMILES string of the molecule is COC(=O)c1ccc(NC(=O)c2ccc(C)c(C)c2)c(C)c1. The molecule has 114 valence electrons. The summed E-state index contributed by atoms with van der Waals surface area (Å²) in [5.41, 5.74) is 4.78. The lowest BCUT2D eigenvalue weighted by Gasteiger charge is -2.10. The van der Waals surface area contributed by atoms with E-state index in [1.165, 1.54) is 7.11 Å². The van der Waals surface area contributed by atoms with E-state index in [-0.39, 0.29) is 5.91 Å². The number of hydrogen-bond acceptors (Lipinski definition) is 3. The third-order valence-corrected chi connectivity index (χ3v) is 3.66. The predicted octanol–water partition coefficient (Wildman–Crippen LogP) is 3.65. The summed E-state index contributed by atoms with van der Waals surface area (Å²) >= 11 is 0. The van der Waals surface area contributed by atoms with Gasteiger partial charge in [-0.1, -0.05) is 6.07 Å². The number of aryl methyl sites for hydroxylation is 3. The summed E-state index contributed by atoms with van der Waals surface area (Å²) in [6.07, 6.45) is 0. The first-order chi connectivity index (χ1) is 10.4. The number of carbonyl (C=O) groups excluding carboxylic acids is 2. The number of ether oxygens (including phenoxy) is 1. The van der Waals surface area contributed by atoms with Gasteiger partial charge in [0.15, 0.2) is 0 Å². The molecule has 0 aromatic heterocycles. The van der Waals surface area contributed by atoms with Crippen molar-refractivity contribution in [2.75, 3.05) is 12.4 Å². The minimum atomic E-state index is -0.393. The Balaban J connectivity index is 2.21. The largest absolute Gasteiger partial charge is 0.465 e. The molecular formula is C18H19NO3. The van der Waals surface area contributed by atoms with Crippen LogP contribution in [0, 0.1) is 20.8 Å². The molecule has 0 aliphatic carbocycles. The van der Waals surface area contributed by atoms with Crippen LogP contribution in [0.15, 0.2) is 36.4 Å². The molecule has 2 rings (SSSR count). The van der Waals surface area contributed by atoms with Crippen LogP contribution in [0.1, 0.15) is 37.4 Å². The average molecular weight is 297 g/mol. The maximum absolute atomic E-state index is 12.3. The van der Waals surface area contributed by atoms with Gasteiger partial charge in [0.1, 0.15) is 0 Å². The van der Waals surface area contributed by atoms with Crippen LogP contribution in [0.2, 0.25) is 0 Å². The topological polar surface area (TPSA) is 55.4 Å². The monoisotopic (exact) mass is 297 g/mol. The first-order valence-electron chi connectivity index (χ1n) is 7.00. The molecule has 0 atom stereocenters. The van der Waals surface area contributed by atoms with Gasteiger partial charge < -0.3 is 10.1 Å². The standard InChI is InChI=1S/C18H19NO3/c1-11-5-6-14(9-12(11)2)17(20)19-16-8-7-15(10-13(16)3)18(21)22-4/h5-10H,1-4H3,(H,19,20). The predicted molar refractivity (Wildman–Crippen MR) is 86.4 cm³/mol. The molecule has 2 aromatic carbocycles. The Labute approximate surface area is 130 Å². The van der Waals surface area contributed by atoms with E-state index in [0.29, 0.717) is 16.8 Å². The van der Waals surface area contributed by atoms with Crippen molar-refractivity contribution in [2.24, 2.45) is 0 Å². The summed E-state index contributed by atoms with van der Waals surface area (Å²) in [7, 11) is 1.34. The molecule has 0 bridgehead atoms. The van der Waals surface area contributed by atoms with E-state index in [2.05, 4.69) is 10.1 Å². The van der Waals surface area contributed by atoms with E-state index >= 15 is 0 Å². The van der Waals surface area contributed by atoms with Crippen molar-refractivity contribution < 1.29 is 14.3 Å². The van der Waals surface area contributed by atoms with E-state index in [9.17, 15) is 9.59 Å². The summed E-state index contributed by atoms with van der Waals surface area (Å²) in [6, 6.07) is 10.6. The normalized spacial score (nSPS) is 10.2. The molecule has 0 unspecified atom stereocenters. The van der Waals surface area contributed by atoms with Gasteiger partial charge in [0.2, 0.25) is 0 Å². The van der Waals surface area contributed by atoms with Gasteiger partial charge in [-0.05, 0) is 67.8 Å². The van der Waals surface area contributed by atoms with E-state index in [1.807, 2.05) is 32.9 Å². The van der Waals surface area contributed by atoms with Gasteiger partial charge in [-0.3, -0.25) is 4.79 Å². The van der Waals surface area contributed by atoms with Crippen LogP contribution >= 0.6 is 0 Å². The van der Waals surface area contributed by atoms with E-state index < -0.39 is 5.97 Å². The van der Waals surface area contributed by atoms with Crippen LogP contribution in [0.5, 0.6) is 0 Å². The fourth-order valence-electron chi connectivity index (χ4n) is 2.13. The van der Waals surface area contributed by atoms with Crippen LogP contribution in [-0.2, 0) is 4.74 Å². The molecule has 0 spiro atoms. The van der Waals surface area contributed by atoms with Gasteiger partial charge in [0.05, 0.1) is 12.7 Å². The smallest absolute Gasteiger partial charge is 0.337 e. The zero-order chi connectivity index (χ0) is 16.3. The van der Waals surface area contributed by atoms with Crippen LogP contribution in [-0.4, -0.2) is 19.0 Å². The lowest BCUT2D eigenvalue weighted by Crippen LogP contribution is -2.13. The number of nitrogens with one attached hydrogen (secondary N) is 1. The minimum Gasteiger partial charge on any atom is -0.465 e. The quantitative estimate of drug-likeness (QED) is 0.880. The zero-order valence-corrected chi connectivity index (χ0v) is 13.2. The highest BCUT2D eigenvalue weighted by molar-refractivity contribution is 6.05. The number of anilines is 1. The minimum absolute atomic E-state index is 0.169. The number of hydrogen-bond donors (Lipinski definition) is 1. The third-order valence-electron chi connectivity index (χ3n) is 3.66. The van der Waals surface area contributed by atoms with Gasteiger partial charge in [-0.2, -0.15) is 0 Å². The number of rotatable bonds is 3. The van der Waals surface area contributed by atoms with Crippen molar-refractivity contribution in [2.45, 2.75) is 20.8 Å². The number of carbonyl (C=O) groups is 2. The van der Waals surface area contributed by atoms with Crippen LogP contribution < -0.4 is 5.32 Å². The fourth-order valence-corrected chi connectivity index (χ4v) is 2.13. The van der Waals surface area contributed by atoms with Crippen LogP contribution in [0.3, 0.4) is 0 Å². The van der Waals surface area contributed by atoms with Gasteiger partial charge in [-0.25, -0.2) is 4.79 Å². The highest BCUT2D eigenvalue weighted by Gasteiger charge is 2.11. The van der Waals surface area contributed by atoms with Crippen molar-refractivity contribution in [1.82, 2.24) is 0 Å². The maximum Gasteiger partial charge on any atom is 0.337 e. The molecule has 1 amide bonds. The highest BCUT2D eigenvalue weighted by atomic mass is 16.5. The van der Waals surface area contributed by atoms with Gasteiger partial charge >= 0.3 is 5.97 Å². The summed E-state index contributed by atoms with van der Waals surface area (Å²) in [5, 5.41) is 2.87. The maximum atomic E-state index is 12.3. The summed E-state index contributed by atoms with van der Waals surface area (Å²) < 4.78 is 4.68. The molecule has 4 nitrogen and oxygen atoms in total. The fraction of sp³-hybridized carbons (Fsp3) is 0.222. The molecule has 2 aromatic rings. The molecule has 0 fully saturated rings. The Morgan fingerprint density at radius 2 is 1.50 bits per heavy atom. The number of benzene rings is 2. The molecule has 0 saturated carbocycles. The third kappa shape index (κ3) is 3.34. The molecule has 0 saturated heterocycles. The number of amides is 1. The Morgan fingerprint density at radius 1 is 0.864 bits per heavy atom. The first kappa shape index (κ1) is 15.8. The molecular weight excluding hydrogens is 278 g/mol. The second-order valence-electron chi connectivity index (χ2n) is 5.27. The van der Waals surface area contributed by atoms with Gasteiger partial charge in [-0.15, -0.1) is 0 Å². The van der Waals surface area contributed by atoms with Gasteiger partial charge in [0.25, 0.3) is 5.91 Å². The van der Waals surface area contributed by atoms with Gasteiger partial charge in [0, 0.05) is 11.3 Å². The summed E-state index contributed by atoms with van der Waals surface area (Å²) in [6.45, 7) is 5.82. The van der Waals surface area contributed by atoms with E-state index in [1.54, 1.807) is 24.3 Å². The Morgan fingerprint density at radius 3 is 2.09 bits per heavy atom. The molecule has 0 aliphatic rings. The van der Waals surface area contributed by atoms with Crippen LogP contribution in [0.25, 0.3) is 0 Å². The van der Waals surface area contributed by atoms with Crippen molar-refractivity contribution >= 4 is 17.6 Å². The molecule has 0 radical (unpaired) electrons. The number of esters is 1. The zero-order valence-electron chi connectivity index (χ0n) is 13.2. The Kier molecular flexibility index (Phi) is 4.61.